The highest BCUT2D eigenvalue weighted by Gasteiger charge is 2.19. The van der Waals surface area contributed by atoms with Crippen molar-refractivity contribution in [3.63, 3.8) is 0 Å². The summed E-state index contributed by atoms with van der Waals surface area (Å²) in [5.74, 6) is -0.146. The van der Waals surface area contributed by atoms with E-state index in [1.54, 1.807) is 0 Å². The largest absolute Gasteiger partial charge is 0.354 e. The highest BCUT2D eigenvalue weighted by Crippen LogP contribution is 2.12. The van der Waals surface area contributed by atoms with E-state index in [-0.39, 0.29) is 11.8 Å². The van der Waals surface area contributed by atoms with Gasteiger partial charge < -0.3 is 16.4 Å². The molecule has 5 nitrogen and oxygen atoms in total. The fraction of sp³-hybridized carbons (Fsp3) is 0.842. The zero-order valence-corrected chi connectivity index (χ0v) is 28.8. The molecule has 0 saturated heterocycles. The summed E-state index contributed by atoms with van der Waals surface area (Å²) in [7, 11) is 0. The molecule has 0 aliphatic heterocycles. The third-order valence-electron chi connectivity index (χ3n) is 8.26. The number of hydrogen-bond acceptors (Lipinski definition) is 3. The van der Waals surface area contributed by atoms with E-state index in [1.807, 2.05) is 0 Å². The highest BCUT2D eigenvalue weighted by molar-refractivity contribution is 5.87. The molecule has 0 saturated carbocycles. The summed E-state index contributed by atoms with van der Waals surface area (Å²) in [6.07, 6.45) is 41.6. The monoisotopic (exact) mass is 604 g/mol. The molecule has 43 heavy (non-hydrogen) atoms. The number of carbonyl (C=O) groups is 2. The fourth-order valence-electron chi connectivity index (χ4n) is 5.42. The summed E-state index contributed by atoms with van der Waals surface area (Å²) in [5.41, 5.74) is 5.72. The van der Waals surface area contributed by atoms with Crippen LogP contribution in [0.4, 0.5) is 0 Å². The molecular weight excluding hydrogens is 530 g/mol. The number of nitrogens with one attached hydrogen (secondary N) is 2. The Labute approximate surface area is 268 Å². The van der Waals surface area contributed by atoms with Gasteiger partial charge in [-0.15, -0.1) is 0 Å². The van der Waals surface area contributed by atoms with Gasteiger partial charge in [-0.3, -0.25) is 9.59 Å². The van der Waals surface area contributed by atoms with Gasteiger partial charge in [-0.25, -0.2) is 0 Å². The van der Waals surface area contributed by atoms with Gasteiger partial charge in [0, 0.05) is 13.0 Å². The summed E-state index contributed by atoms with van der Waals surface area (Å²) in [6, 6.07) is -0.525. The van der Waals surface area contributed by atoms with Crippen molar-refractivity contribution < 1.29 is 9.59 Å². The quantitative estimate of drug-likeness (QED) is 0.0515. The Morgan fingerprint density at radius 3 is 1.40 bits per heavy atom. The molecule has 0 aliphatic carbocycles. The van der Waals surface area contributed by atoms with E-state index in [9.17, 15) is 9.59 Å². The van der Waals surface area contributed by atoms with E-state index < -0.39 is 6.04 Å². The zero-order chi connectivity index (χ0) is 31.5. The number of allylic oxidation sites excluding steroid dienone is 4. The molecule has 0 heterocycles. The Bertz CT molecular complexity index is 662. The standard InChI is InChI=1S/C38H73N3O2/c1-3-5-7-9-11-13-15-17-19-20-22-24-26-28-30-32-37(42)41-36(33-34-39)38(43)40-35-31-29-27-25-23-21-18-16-14-12-10-8-6-4-2/h17,19,25,27,36H,3-16,18,20-24,26,28-35,39H2,1-2H3,(H,40,43)(H,41,42)/b19-17+,27-25+. The first-order valence-electron chi connectivity index (χ1n) is 18.7. The molecule has 2 amide bonds. The maximum Gasteiger partial charge on any atom is 0.242 e. The Morgan fingerprint density at radius 2 is 0.953 bits per heavy atom. The van der Waals surface area contributed by atoms with Crippen LogP contribution in [-0.2, 0) is 9.59 Å². The normalized spacial score (nSPS) is 12.3. The highest BCUT2D eigenvalue weighted by atomic mass is 16.2. The molecule has 0 fully saturated rings. The van der Waals surface area contributed by atoms with Gasteiger partial charge >= 0.3 is 0 Å². The lowest BCUT2D eigenvalue weighted by Crippen LogP contribution is -2.47. The van der Waals surface area contributed by atoms with Crippen LogP contribution in [0.3, 0.4) is 0 Å². The number of nitrogens with two attached hydrogens (primary N) is 1. The topological polar surface area (TPSA) is 84.2 Å². The molecule has 0 aromatic heterocycles. The van der Waals surface area contributed by atoms with Crippen LogP contribution >= 0.6 is 0 Å². The number of amides is 2. The van der Waals surface area contributed by atoms with Gasteiger partial charge in [-0.05, 0) is 70.8 Å². The SMILES string of the molecule is CCCCCCCC/C=C/CCCCCCCC(=O)NC(CCN)C(=O)NCCC/C=C/CCCCCCCCCCC. The van der Waals surface area contributed by atoms with Crippen LogP contribution in [0.15, 0.2) is 24.3 Å². The van der Waals surface area contributed by atoms with Gasteiger partial charge in [0.1, 0.15) is 6.04 Å². The van der Waals surface area contributed by atoms with Crippen molar-refractivity contribution in [3.8, 4) is 0 Å². The van der Waals surface area contributed by atoms with Crippen molar-refractivity contribution in [1.29, 1.82) is 0 Å². The predicted molar refractivity (Wildman–Crippen MR) is 188 cm³/mol. The van der Waals surface area contributed by atoms with Crippen molar-refractivity contribution in [3.05, 3.63) is 24.3 Å². The van der Waals surface area contributed by atoms with Gasteiger partial charge in [-0.2, -0.15) is 0 Å². The summed E-state index contributed by atoms with van der Waals surface area (Å²) in [4.78, 5) is 25.0. The van der Waals surface area contributed by atoms with Gasteiger partial charge in [0.2, 0.25) is 11.8 Å². The summed E-state index contributed by atoms with van der Waals surface area (Å²) in [6.45, 7) is 5.55. The van der Waals surface area contributed by atoms with Crippen molar-refractivity contribution >= 4 is 11.8 Å². The van der Waals surface area contributed by atoms with Crippen LogP contribution in [0, 0.1) is 0 Å². The third kappa shape index (κ3) is 31.6. The molecule has 0 aromatic carbocycles. The van der Waals surface area contributed by atoms with E-state index in [2.05, 4.69) is 48.8 Å². The lowest BCUT2D eigenvalue weighted by molar-refractivity contribution is -0.129. The average Bonchev–Trinajstić information content (AvgIpc) is 3.00. The van der Waals surface area contributed by atoms with Gasteiger partial charge in [0.15, 0.2) is 0 Å². The van der Waals surface area contributed by atoms with E-state index in [0.717, 1.165) is 32.1 Å². The van der Waals surface area contributed by atoms with Crippen molar-refractivity contribution in [2.24, 2.45) is 5.73 Å². The molecule has 1 unspecified atom stereocenters. The predicted octanol–water partition coefficient (Wildman–Crippen LogP) is 10.2. The van der Waals surface area contributed by atoms with Crippen molar-refractivity contribution in [2.75, 3.05) is 13.1 Å². The Kier molecular flexibility index (Phi) is 33.6. The molecule has 4 N–H and O–H groups in total. The van der Waals surface area contributed by atoms with Crippen molar-refractivity contribution in [1.82, 2.24) is 10.6 Å². The lowest BCUT2D eigenvalue weighted by atomic mass is 10.1. The van der Waals surface area contributed by atoms with E-state index >= 15 is 0 Å². The van der Waals surface area contributed by atoms with Crippen LogP contribution in [0.1, 0.15) is 187 Å². The Balaban J connectivity index is 3.73. The first-order valence-corrected chi connectivity index (χ1v) is 18.7. The fourth-order valence-corrected chi connectivity index (χ4v) is 5.42. The van der Waals surface area contributed by atoms with Crippen molar-refractivity contribution in [2.45, 2.75) is 193 Å². The van der Waals surface area contributed by atoms with E-state index in [1.165, 1.54) is 128 Å². The lowest BCUT2D eigenvalue weighted by Gasteiger charge is -2.17. The molecule has 252 valence electrons. The molecule has 0 aromatic rings. The maximum absolute atomic E-state index is 12.6. The molecule has 0 radical (unpaired) electrons. The van der Waals surface area contributed by atoms with Gasteiger partial charge in [0.25, 0.3) is 0 Å². The molecule has 0 aliphatic rings. The summed E-state index contributed by atoms with van der Waals surface area (Å²) in [5, 5.41) is 5.91. The molecule has 0 rings (SSSR count). The number of rotatable bonds is 33. The maximum atomic E-state index is 12.6. The Morgan fingerprint density at radius 1 is 0.558 bits per heavy atom. The first kappa shape index (κ1) is 41.4. The minimum Gasteiger partial charge on any atom is -0.354 e. The van der Waals surface area contributed by atoms with Crippen LogP contribution in [-0.4, -0.2) is 30.9 Å². The first-order chi connectivity index (χ1) is 21.2. The average molecular weight is 604 g/mol. The minimum atomic E-state index is -0.525. The summed E-state index contributed by atoms with van der Waals surface area (Å²) >= 11 is 0. The van der Waals surface area contributed by atoms with E-state index in [0.29, 0.717) is 25.9 Å². The van der Waals surface area contributed by atoms with Crippen LogP contribution in [0.25, 0.3) is 0 Å². The second-order valence-electron chi connectivity index (χ2n) is 12.6. The Hall–Kier alpha value is -1.62. The number of hydrogen-bond donors (Lipinski definition) is 3. The van der Waals surface area contributed by atoms with Crippen LogP contribution in [0.5, 0.6) is 0 Å². The molecule has 1 atom stereocenters. The zero-order valence-electron chi connectivity index (χ0n) is 28.8. The summed E-state index contributed by atoms with van der Waals surface area (Å²) < 4.78 is 0. The number of carbonyl (C=O) groups excluding carboxylic acids is 2. The van der Waals surface area contributed by atoms with Crippen LogP contribution < -0.4 is 16.4 Å². The smallest absolute Gasteiger partial charge is 0.242 e. The third-order valence-corrected chi connectivity index (χ3v) is 8.26. The molecule has 5 heteroatoms. The second kappa shape index (κ2) is 34.9. The van der Waals surface area contributed by atoms with Gasteiger partial charge in [0.05, 0.1) is 0 Å². The molecular formula is C38H73N3O2. The molecule has 0 bridgehead atoms. The second-order valence-corrected chi connectivity index (χ2v) is 12.6. The molecule has 0 spiro atoms. The van der Waals surface area contributed by atoms with Crippen LogP contribution in [0.2, 0.25) is 0 Å². The number of unbranched alkanes of at least 4 members (excludes halogenated alkanes) is 21. The van der Waals surface area contributed by atoms with Gasteiger partial charge in [-0.1, -0.05) is 141 Å². The minimum absolute atomic E-state index is 0.0364. The van der Waals surface area contributed by atoms with E-state index in [4.69, 9.17) is 5.73 Å².